The first-order valence-electron chi connectivity index (χ1n) is 12.2. The van der Waals surface area contributed by atoms with E-state index in [9.17, 15) is 0 Å². The van der Waals surface area contributed by atoms with Gasteiger partial charge in [0.25, 0.3) is 0 Å². The molecule has 1 aliphatic rings. The number of hydrogen-bond acceptors (Lipinski definition) is 10. The molecule has 0 radical (unpaired) electrons. The second kappa shape index (κ2) is 11.5. The molecule has 186 valence electrons. The van der Waals surface area contributed by atoms with Crippen molar-refractivity contribution in [3.05, 3.63) is 72.6 Å². The van der Waals surface area contributed by atoms with Crippen LogP contribution < -0.4 is 20.4 Å². The maximum absolute atomic E-state index is 4.62. The standard InChI is InChI=1S/C25H31N11/c1-26-8-5-9-36-18-22(17-31-36)32-23-29-19-30-25(33-23)35-12-10-34(11-13-35)24-27-15-21(16-28-24)14-20-6-3-2-4-7-20/h2-4,6-7,15-19,26H,5,8-14H2,1H3,(H,29,30,32,33). The zero-order valence-electron chi connectivity index (χ0n) is 20.5. The Morgan fingerprint density at radius 2 is 1.58 bits per heavy atom. The van der Waals surface area contributed by atoms with E-state index < -0.39 is 0 Å². The molecular weight excluding hydrogens is 454 g/mol. The van der Waals surface area contributed by atoms with Gasteiger partial charge < -0.3 is 20.4 Å². The number of anilines is 4. The molecule has 11 nitrogen and oxygen atoms in total. The molecule has 36 heavy (non-hydrogen) atoms. The van der Waals surface area contributed by atoms with Crippen molar-refractivity contribution in [2.75, 3.05) is 54.9 Å². The molecule has 0 bridgehead atoms. The van der Waals surface area contributed by atoms with Crippen LogP contribution in [0.5, 0.6) is 0 Å². The van der Waals surface area contributed by atoms with E-state index in [1.165, 1.54) is 5.56 Å². The third kappa shape index (κ3) is 6.11. The summed E-state index contributed by atoms with van der Waals surface area (Å²) in [6.45, 7) is 4.97. The maximum Gasteiger partial charge on any atom is 0.232 e. The third-order valence-corrected chi connectivity index (χ3v) is 6.05. The summed E-state index contributed by atoms with van der Waals surface area (Å²) < 4.78 is 1.91. The predicted molar refractivity (Wildman–Crippen MR) is 140 cm³/mol. The van der Waals surface area contributed by atoms with Gasteiger partial charge in [-0.1, -0.05) is 30.3 Å². The third-order valence-electron chi connectivity index (χ3n) is 6.05. The van der Waals surface area contributed by atoms with E-state index >= 15 is 0 Å². The highest BCUT2D eigenvalue weighted by Gasteiger charge is 2.21. The molecule has 2 N–H and O–H groups in total. The van der Waals surface area contributed by atoms with Crippen LogP contribution in [0.15, 0.2) is 61.4 Å². The molecule has 1 aromatic carbocycles. The molecular formula is C25H31N11. The summed E-state index contributed by atoms with van der Waals surface area (Å²) >= 11 is 0. The van der Waals surface area contributed by atoms with Gasteiger partial charge in [0.2, 0.25) is 17.8 Å². The number of aryl methyl sites for hydroxylation is 1. The van der Waals surface area contributed by atoms with E-state index in [0.29, 0.717) is 11.9 Å². The van der Waals surface area contributed by atoms with Crippen LogP contribution in [0.3, 0.4) is 0 Å². The van der Waals surface area contributed by atoms with Gasteiger partial charge in [0.15, 0.2) is 0 Å². The Balaban J connectivity index is 1.14. The number of nitrogens with one attached hydrogen (secondary N) is 2. The minimum atomic E-state index is 0.509. The van der Waals surface area contributed by atoms with Crippen LogP contribution in [0.4, 0.5) is 23.5 Å². The maximum atomic E-state index is 4.62. The van der Waals surface area contributed by atoms with Gasteiger partial charge in [0.05, 0.1) is 11.9 Å². The number of piperazine rings is 1. The van der Waals surface area contributed by atoms with Gasteiger partial charge in [-0.2, -0.15) is 10.1 Å². The molecule has 1 fully saturated rings. The second-order valence-electron chi connectivity index (χ2n) is 8.71. The first kappa shape index (κ1) is 23.6. The lowest BCUT2D eigenvalue weighted by atomic mass is 10.1. The minimum absolute atomic E-state index is 0.509. The SMILES string of the molecule is CNCCCn1cc(Nc2ncnc(N3CCN(c4ncc(Cc5ccccc5)cn4)CC3)n2)cn1. The highest BCUT2D eigenvalue weighted by atomic mass is 15.4. The molecule has 1 aliphatic heterocycles. The van der Waals surface area contributed by atoms with Crippen molar-refractivity contribution >= 4 is 23.5 Å². The van der Waals surface area contributed by atoms with Crippen LogP contribution in [-0.4, -0.2) is 74.5 Å². The summed E-state index contributed by atoms with van der Waals surface area (Å²) in [7, 11) is 1.95. The van der Waals surface area contributed by atoms with Gasteiger partial charge in [0.1, 0.15) is 6.33 Å². The van der Waals surface area contributed by atoms with Crippen molar-refractivity contribution < 1.29 is 0 Å². The number of aromatic nitrogens is 7. The number of rotatable bonds is 10. The van der Waals surface area contributed by atoms with Crippen molar-refractivity contribution in [3.8, 4) is 0 Å². The fourth-order valence-corrected chi connectivity index (χ4v) is 4.14. The number of hydrogen-bond donors (Lipinski definition) is 2. The Hall–Kier alpha value is -4.12. The summed E-state index contributed by atoms with van der Waals surface area (Å²) in [5.41, 5.74) is 3.22. The lowest BCUT2D eigenvalue weighted by Crippen LogP contribution is -2.47. The van der Waals surface area contributed by atoms with E-state index in [2.05, 4.69) is 74.7 Å². The van der Waals surface area contributed by atoms with E-state index in [-0.39, 0.29) is 0 Å². The smallest absolute Gasteiger partial charge is 0.232 e. The van der Waals surface area contributed by atoms with Gasteiger partial charge in [-0.05, 0) is 31.1 Å². The summed E-state index contributed by atoms with van der Waals surface area (Å²) in [4.78, 5) is 26.9. The largest absolute Gasteiger partial charge is 0.337 e. The van der Waals surface area contributed by atoms with E-state index in [1.54, 1.807) is 12.5 Å². The van der Waals surface area contributed by atoms with E-state index in [1.807, 2.05) is 36.4 Å². The van der Waals surface area contributed by atoms with Crippen LogP contribution in [0, 0.1) is 0 Å². The average Bonchev–Trinajstić information content (AvgIpc) is 3.37. The quantitative estimate of drug-likeness (QED) is 0.324. The second-order valence-corrected chi connectivity index (χ2v) is 8.71. The van der Waals surface area contributed by atoms with Gasteiger partial charge in [0, 0.05) is 57.7 Å². The first-order valence-corrected chi connectivity index (χ1v) is 12.2. The Kier molecular flexibility index (Phi) is 7.57. The van der Waals surface area contributed by atoms with Crippen molar-refractivity contribution in [2.24, 2.45) is 0 Å². The predicted octanol–water partition coefficient (Wildman–Crippen LogP) is 2.13. The highest BCUT2D eigenvalue weighted by Crippen LogP contribution is 2.18. The zero-order chi connectivity index (χ0) is 24.6. The first-order chi connectivity index (χ1) is 17.8. The molecule has 11 heteroatoms. The molecule has 0 amide bonds. The van der Waals surface area contributed by atoms with Crippen LogP contribution >= 0.6 is 0 Å². The molecule has 0 saturated carbocycles. The topological polar surface area (TPSA) is 113 Å². The Morgan fingerprint density at radius 1 is 0.833 bits per heavy atom. The summed E-state index contributed by atoms with van der Waals surface area (Å²) in [5, 5.41) is 10.8. The van der Waals surface area contributed by atoms with Crippen molar-refractivity contribution in [1.82, 2.24) is 40.0 Å². The van der Waals surface area contributed by atoms with Crippen LogP contribution in [-0.2, 0) is 13.0 Å². The average molecular weight is 486 g/mol. The molecule has 0 spiro atoms. The molecule has 4 aromatic rings. The normalized spacial score (nSPS) is 13.7. The summed E-state index contributed by atoms with van der Waals surface area (Å²) in [5.74, 6) is 1.93. The number of benzene rings is 1. The van der Waals surface area contributed by atoms with Crippen LogP contribution in [0.2, 0.25) is 0 Å². The Morgan fingerprint density at radius 3 is 2.33 bits per heavy atom. The fraction of sp³-hybridized carbons (Fsp3) is 0.360. The molecule has 0 aliphatic carbocycles. The monoisotopic (exact) mass is 485 g/mol. The molecule has 0 unspecified atom stereocenters. The van der Waals surface area contributed by atoms with E-state index in [4.69, 9.17) is 0 Å². The van der Waals surface area contributed by atoms with Gasteiger partial charge in [-0.3, -0.25) is 4.68 Å². The lowest BCUT2D eigenvalue weighted by Gasteiger charge is -2.34. The van der Waals surface area contributed by atoms with Gasteiger partial charge in [-0.15, -0.1) is 0 Å². The van der Waals surface area contributed by atoms with E-state index in [0.717, 1.165) is 69.3 Å². The molecule has 3 aromatic heterocycles. The zero-order valence-corrected chi connectivity index (χ0v) is 20.5. The van der Waals surface area contributed by atoms with Crippen LogP contribution in [0.25, 0.3) is 0 Å². The van der Waals surface area contributed by atoms with Crippen molar-refractivity contribution in [1.29, 1.82) is 0 Å². The fourth-order valence-electron chi connectivity index (χ4n) is 4.14. The van der Waals surface area contributed by atoms with Gasteiger partial charge >= 0.3 is 0 Å². The number of nitrogens with zero attached hydrogens (tertiary/aromatic N) is 9. The lowest BCUT2D eigenvalue weighted by molar-refractivity contribution is 0.562. The summed E-state index contributed by atoms with van der Waals surface area (Å²) in [6, 6.07) is 10.4. The van der Waals surface area contributed by atoms with Crippen molar-refractivity contribution in [2.45, 2.75) is 19.4 Å². The Bertz CT molecular complexity index is 1220. The Labute approximate surface area is 210 Å². The van der Waals surface area contributed by atoms with Crippen LogP contribution in [0.1, 0.15) is 17.5 Å². The highest BCUT2D eigenvalue weighted by molar-refractivity contribution is 5.51. The molecule has 0 atom stereocenters. The van der Waals surface area contributed by atoms with Crippen molar-refractivity contribution in [3.63, 3.8) is 0 Å². The molecule has 1 saturated heterocycles. The molecule has 5 rings (SSSR count). The minimum Gasteiger partial charge on any atom is -0.337 e. The van der Waals surface area contributed by atoms with Gasteiger partial charge in [-0.25, -0.2) is 19.9 Å². The summed E-state index contributed by atoms with van der Waals surface area (Å²) in [6.07, 6.45) is 11.0. The molecule has 4 heterocycles.